The first-order valence-electron chi connectivity index (χ1n) is 11.8. The topological polar surface area (TPSA) is 94.5 Å². The molecule has 5 rings (SSSR count). The zero-order valence-corrected chi connectivity index (χ0v) is 20.1. The van der Waals surface area contributed by atoms with Crippen LogP contribution in [-0.4, -0.2) is 61.3 Å². The maximum absolute atomic E-state index is 13.4. The molecular formula is C27H29NO7. The lowest BCUT2D eigenvalue weighted by Crippen LogP contribution is -2.36. The van der Waals surface area contributed by atoms with Gasteiger partial charge in [0.2, 0.25) is 0 Å². The van der Waals surface area contributed by atoms with Gasteiger partial charge in [-0.05, 0) is 49.6 Å². The molecule has 0 aliphatic carbocycles. The number of rotatable bonds is 6. The summed E-state index contributed by atoms with van der Waals surface area (Å²) >= 11 is 0. The van der Waals surface area contributed by atoms with E-state index in [1.165, 1.54) is 19.1 Å². The first-order valence-corrected chi connectivity index (χ1v) is 11.8. The van der Waals surface area contributed by atoms with Gasteiger partial charge in [0.15, 0.2) is 11.5 Å². The molecule has 2 fully saturated rings. The molecule has 8 heteroatoms. The fourth-order valence-corrected chi connectivity index (χ4v) is 5.25. The predicted octanol–water partition coefficient (Wildman–Crippen LogP) is 3.63. The van der Waals surface area contributed by atoms with Crippen LogP contribution in [0.25, 0.3) is 5.76 Å². The van der Waals surface area contributed by atoms with Crippen molar-refractivity contribution in [2.24, 2.45) is 0 Å². The summed E-state index contributed by atoms with van der Waals surface area (Å²) in [5.74, 6) is 0.00234. The van der Waals surface area contributed by atoms with Crippen LogP contribution < -0.4 is 14.2 Å². The average molecular weight is 480 g/mol. The van der Waals surface area contributed by atoms with Gasteiger partial charge in [-0.15, -0.1) is 0 Å². The molecule has 0 aromatic heterocycles. The first kappa shape index (κ1) is 23.2. The van der Waals surface area contributed by atoms with Gasteiger partial charge in [-0.3, -0.25) is 9.59 Å². The Morgan fingerprint density at radius 2 is 2.00 bits per heavy atom. The van der Waals surface area contributed by atoms with Crippen molar-refractivity contribution in [3.8, 4) is 17.2 Å². The summed E-state index contributed by atoms with van der Waals surface area (Å²) in [6.07, 6.45) is 2.27. The number of carbonyl (C=O) groups excluding carboxylic acids is 2. The summed E-state index contributed by atoms with van der Waals surface area (Å²) in [5, 5.41) is 11.4. The maximum atomic E-state index is 13.4. The van der Waals surface area contributed by atoms with Crippen molar-refractivity contribution in [3.05, 3.63) is 58.7 Å². The van der Waals surface area contributed by atoms with E-state index < -0.39 is 17.7 Å². The maximum Gasteiger partial charge on any atom is 0.295 e. The third-order valence-electron chi connectivity index (χ3n) is 6.86. The van der Waals surface area contributed by atoms with E-state index in [1.54, 1.807) is 30.3 Å². The molecule has 0 spiro atoms. The minimum atomic E-state index is -0.854. The Kier molecular flexibility index (Phi) is 6.15. The molecule has 2 saturated heterocycles. The Bertz CT molecular complexity index is 1200. The van der Waals surface area contributed by atoms with Gasteiger partial charge in [0.25, 0.3) is 11.7 Å². The van der Waals surface area contributed by atoms with E-state index in [-0.39, 0.29) is 30.1 Å². The smallest absolute Gasteiger partial charge is 0.295 e. The van der Waals surface area contributed by atoms with Crippen molar-refractivity contribution in [2.75, 3.05) is 27.4 Å². The first-order chi connectivity index (χ1) is 16.9. The molecule has 8 nitrogen and oxygen atoms in total. The van der Waals surface area contributed by atoms with Gasteiger partial charge in [0, 0.05) is 30.7 Å². The number of hydrogen-bond donors (Lipinski definition) is 1. The van der Waals surface area contributed by atoms with E-state index in [9.17, 15) is 14.7 Å². The number of ketones is 1. The van der Waals surface area contributed by atoms with Gasteiger partial charge < -0.3 is 29.0 Å². The molecule has 3 aliphatic rings. The highest BCUT2D eigenvalue weighted by molar-refractivity contribution is 6.46. The second-order valence-corrected chi connectivity index (χ2v) is 9.12. The fourth-order valence-electron chi connectivity index (χ4n) is 5.25. The summed E-state index contributed by atoms with van der Waals surface area (Å²) < 4.78 is 22.7. The zero-order valence-electron chi connectivity index (χ0n) is 20.1. The molecule has 3 heterocycles. The zero-order chi connectivity index (χ0) is 24.7. The van der Waals surface area contributed by atoms with Crippen LogP contribution in [0.1, 0.15) is 42.5 Å². The van der Waals surface area contributed by atoms with Gasteiger partial charge in [-0.25, -0.2) is 0 Å². The molecule has 2 aromatic carbocycles. The molecule has 1 amide bonds. The summed E-state index contributed by atoms with van der Waals surface area (Å²) in [6, 6.07) is 9.77. The van der Waals surface area contributed by atoms with Crippen LogP contribution >= 0.6 is 0 Å². The molecule has 1 N–H and O–H groups in total. The van der Waals surface area contributed by atoms with Crippen LogP contribution in [0.4, 0.5) is 0 Å². The molecule has 0 radical (unpaired) electrons. The molecular weight excluding hydrogens is 450 g/mol. The second kappa shape index (κ2) is 9.26. The highest BCUT2D eigenvalue weighted by Gasteiger charge is 2.48. The highest BCUT2D eigenvalue weighted by atomic mass is 16.5. The molecule has 3 unspecified atom stereocenters. The molecule has 184 valence electrons. The van der Waals surface area contributed by atoms with Crippen LogP contribution in [-0.2, 0) is 20.7 Å². The number of hydrogen-bond acceptors (Lipinski definition) is 7. The normalized spacial score (nSPS) is 25.0. The van der Waals surface area contributed by atoms with Crippen LogP contribution in [0.3, 0.4) is 0 Å². The summed E-state index contributed by atoms with van der Waals surface area (Å²) in [6.45, 7) is 2.84. The average Bonchev–Trinajstić information content (AvgIpc) is 3.57. The standard InChI is InChI=1S/C27H29NO7/c1-15-12-17-13-16(9-10-20(17)35-15)24(29)22-23(19-7-4-8-21(32-2)26(19)33-3)28(27(31)25(22)30)14-18-6-5-11-34-18/h4,7-10,13,15,18,23,29H,5-6,11-12,14H2,1-3H3. The number of aliphatic hydroxyl groups excluding tert-OH is 1. The van der Waals surface area contributed by atoms with Crippen molar-refractivity contribution in [2.45, 2.75) is 44.4 Å². The van der Waals surface area contributed by atoms with E-state index in [0.717, 1.165) is 24.2 Å². The quantitative estimate of drug-likeness (QED) is 0.384. The van der Waals surface area contributed by atoms with Crippen molar-refractivity contribution < 1.29 is 33.6 Å². The summed E-state index contributed by atoms with van der Waals surface area (Å²) in [5.41, 5.74) is 1.99. The number of fused-ring (bicyclic) bond motifs is 1. The lowest BCUT2D eigenvalue weighted by molar-refractivity contribution is -0.140. The summed E-state index contributed by atoms with van der Waals surface area (Å²) in [4.78, 5) is 28.2. The number of nitrogens with zero attached hydrogens (tertiary/aromatic N) is 1. The lowest BCUT2D eigenvalue weighted by Gasteiger charge is -2.29. The van der Waals surface area contributed by atoms with Crippen molar-refractivity contribution in [3.63, 3.8) is 0 Å². The third kappa shape index (κ3) is 4.01. The number of amides is 1. The Labute approximate surface area is 204 Å². The number of methoxy groups -OCH3 is 2. The van der Waals surface area contributed by atoms with E-state index in [0.29, 0.717) is 35.7 Å². The highest BCUT2D eigenvalue weighted by Crippen LogP contribution is 2.46. The molecule has 0 saturated carbocycles. The molecule has 3 aliphatic heterocycles. The van der Waals surface area contributed by atoms with Gasteiger partial charge in [0.1, 0.15) is 17.6 Å². The van der Waals surface area contributed by atoms with Crippen molar-refractivity contribution in [1.82, 2.24) is 4.90 Å². The fraction of sp³-hybridized carbons (Fsp3) is 0.407. The lowest BCUT2D eigenvalue weighted by atomic mass is 9.93. The van der Waals surface area contributed by atoms with E-state index in [1.807, 2.05) is 13.0 Å². The van der Waals surface area contributed by atoms with Crippen LogP contribution in [0.2, 0.25) is 0 Å². The van der Waals surface area contributed by atoms with Crippen molar-refractivity contribution in [1.29, 1.82) is 0 Å². The number of Topliss-reactive ketones (excluding diaryl/α,β-unsaturated/α-hetero) is 1. The van der Waals surface area contributed by atoms with E-state index >= 15 is 0 Å². The number of ether oxygens (including phenoxy) is 4. The van der Waals surface area contributed by atoms with Gasteiger partial charge in [-0.1, -0.05) is 12.1 Å². The largest absolute Gasteiger partial charge is 0.507 e. The Morgan fingerprint density at radius 1 is 1.17 bits per heavy atom. The van der Waals surface area contributed by atoms with E-state index in [4.69, 9.17) is 18.9 Å². The van der Waals surface area contributed by atoms with Gasteiger partial charge in [0.05, 0.1) is 31.9 Å². The number of carbonyl (C=O) groups is 2. The monoisotopic (exact) mass is 479 g/mol. The van der Waals surface area contributed by atoms with Gasteiger partial charge in [-0.2, -0.15) is 0 Å². The van der Waals surface area contributed by atoms with Gasteiger partial charge >= 0.3 is 0 Å². The molecule has 0 bridgehead atoms. The van der Waals surface area contributed by atoms with Crippen LogP contribution in [0.5, 0.6) is 17.2 Å². The number of aliphatic hydroxyl groups is 1. The Hall–Kier alpha value is -3.52. The summed E-state index contributed by atoms with van der Waals surface area (Å²) in [7, 11) is 3.04. The van der Waals surface area contributed by atoms with Crippen LogP contribution in [0, 0.1) is 0 Å². The van der Waals surface area contributed by atoms with Crippen LogP contribution in [0.15, 0.2) is 42.0 Å². The minimum absolute atomic E-state index is 0.0199. The predicted molar refractivity (Wildman–Crippen MR) is 128 cm³/mol. The number of benzene rings is 2. The SMILES string of the molecule is COc1cccc(C2C(=C(O)c3ccc4c(c3)CC(C)O4)C(=O)C(=O)N2CC2CCCO2)c1OC. The Balaban J connectivity index is 1.66. The Morgan fingerprint density at radius 3 is 2.71 bits per heavy atom. The molecule has 2 aromatic rings. The van der Waals surface area contributed by atoms with E-state index in [2.05, 4.69) is 0 Å². The third-order valence-corrected chi connectivity index (χ3v) is 6.86. The van der Waals surface area contributed by atoms with Crippen molar-refractivity contribution >= 4 is 17.4 Å². The minimum Gasteiger partial charge on any atom is -0.507 e. The number of para-hydroxylation sites is 1. The number of likely N-dealkylation sites (tertiary alicyclic amines) is 1. The molecule has 3 atom stereocenters. The second-order valence-electron chi connectivity index (χ2n) is 9.12. The molecule has 35 heavy (non-hydrogen) atoms.